The molecule has 0 saturated heterocycles. The van der Waals surface area contributed by atoms with Crippen molar-refractivity contribution < 1.29 is 4.79 Å². The third-order valence-electron chi connectivity index (χ3n) is 2.25. The minimum atomic E-state index is -0.222. The summed E-state index contributed by atoms with van der Waals surface area (Å²) < 4.78 is 1.55. The molecule has 0 bridgehead atoms. The van der Waals surface area contributed by atoms with Gasteiger partial charge in [0.25, 0.3) is 5.91 Å². The Bertz CT molecular complexity index is 486. The molecule has 2 heterocycles. The minimum absolute atomic E-state index is 0.222. The number of carbonyl (C=O) groups excluding carboxylic acids is 1. The van der Waals surface area contributed by atoms with Crippen LogP contribution in [0.15, 0.2) is 18.5 Å². The molecule has 0 unspecified atom stereocenters. The first-order valence-corrected chi connectivity index (χ1v) is 4.72. The molecule has 0 aromatic carbocycles. The number of H-pyrrole nitrogens is 1. The van der Waals surface area contributed by atoms with Crippen molar-refractivity contribution in [3.8, 4) is 0 Å². The van der Waals surface area contributed by atoms with E-state index in [-0.39, 0.29) is 5.91 Å². The monoisotopic (exact) mass is 220 g/mol. The van der Waals surface area contributed by atoms with Gasteiger partial charge in [0.05, 0.1) is 6.20 Å². The molecule has 0 atom stereocenters. The lowest BCUT2D eigenvalue weighted by atomic mass is 10.3. The highest BCUT2D eigenvalue weighted by molar-refractivity contribution is 5.92. The Hall–Kier alpha value is -2.31. The fourth-order valence-electron chi connectivity index (χ4n) is 1.28. The van der Waals surface area contributed by atoms with Gasteiger partial charge >= 0.3 is 0 Å². The van der Waals surface area contributed by atoms with Crippen molar-refractivity contribution in [3.63, 3.8) is 0 Å². The Balaban J connectivity index is 1.98. The van der Waals surface area contributed by atoms with Crippen LogP contribution in [0, 0.1) is 0 Å². The summed E-state index contributed by atoms with van der Waals surface area (Å²) in [5.41, 5.74) is 6.94. The third-order valence-corrected chi connectivity index (χ3v) is 2.25. The van der Waals surface area contributed by atoms with Gasteiger partial charge in [0.2, 0.25) is 0 Å². The van der Waals surface area contributed by atoms with Gasteiger partial charge < -0.3 is 11.1 Å². The summed E-state index contributed by atoms with van der Waals surface area (Å²) in [5.74, 6) is 0.325. The molecule has 84 valence electrons. The maximum atomic E-state index is 11.5. The fourth-order valence-corrected chi connectivity index (χ4v) is 1.28. The fraction of sp³-hybridized carbons (Fsp3) is 0.222. The number of nitrogen functional groups attached to an aromatic ring is 1. The van der Waals surface area contributed by atoms with E-state index < -0.39 is 0 Å². The Kier molecular flexibility index (Phi) is 2.59. The SMILES string of the molecule is Cn1ncc(CNC(=O)c2ccn[nH]2)c1N. The summed E-state index contributed by atoms with van der Waals surface area (Å²) in [6.45, 7) is 0.345. The van der Waals surface area contributed by atoms with E-state index in [9.17, 15) is 4.79 Å². The molecule has 7 nitrogen and oxygen atoms in total. The largest absolute Gasteiger partial charge is 0.384 e. The van der Waals surface area contributed by atoms with Crippen LogP contribution in [0.1, 0.15) is 16.1 Å². The van der Waals surface area contributed by atoms with Gasteiger partial charge in [-0.05, 0) is 6.07 Å². The Morgan fingerprint density at radius 1 is 1.69 bits per heavy atom. The lowest BCUT2D eigenvalue weighted by Gasteiger charge is -2.02. The smallest absolute Gasteiger partial charge is 0.269 e. The first-order chi connectivity index (χ1) is 7.68. The average molecular weight is 220 g/mol. The lowest BCUT2D eigenvalue weighted by molar-refractivity contribution is 0.0946. The first kappa shape index (κ1) is 10.2. The highest BCUT2D eigenvalue weighted by Crippen LogP contribution is 2.08. The van der Waals surface area contributed by atoms with Crippen molar-refractivity contribution in [1.29, 1.82) is 0 Å². The Morgan fingerprint density at radius 3 is 3.06 bits per heavy atom. The van der Waals surface area contributed by atoms with E-state index in [1.165, 1.54) is 6.20 Å². The van der Waals surface area contributed by atoms with E-state index in [1.807, 2.05) is 0 Å². The summed E-state index contributed by atoms with van der Waals surface area (Å²) in [5, 5.41) is 13.0. The van der Waals surface area contributed by atoms with Gasteiger partial charge in [0.1, 0.15) is 11.5 Å². The van der Waals surface area contributed by atoms with Gasteiger partial charge in [-0.15, -0.1) is 0 Å². The Labute approximate surface area is 91.6 Å². The van der Waals surface area contributed by atoms with Gasteiger partial charge in [-0.25, -0.2) is 0 Å². The molecule has 0 aliphatic heterocycles. The van der Waals surface area contributed by atoms with E-state index in [1.54, 1.807) is 24.0 Å². The van der Waals surface area contributed by atoms with E-state index in [2.05, 4.69) is 20.6 Å². The molecule has 0 saturated carbocycles. The molecule has 1 amide bonds. The van der Waals surface area contributed by atoms with Crippen molar-refractivity contribution in [2.24, 2.45) is 7.05 Å². The number of nitrogens with two attached hydrogens (primary N) is 1. The lowest BCUT2D eigenvalue weighted by Crippen LogP contribution is -2.23. The topological polar surface area (TPSA) is 102 Å². The van der Waals surface area contributed by atoms with Crippen LogP contribution in [0.25, 0.3) is 0 Å². The molecule has 2 rings (SSSR count). The number of nitrogens with one attached hydrogen (secondary N) is 2. The quantitative estimate of drug-likeness (QED) is 0.658. The zero-order valence-electron chi connectivity index (χ0n) is 8.77. The van der Waals surface area contributed by atoms with Crippen LogP contribution in [0.4, 0.5) is 5.82 Å². The van der Waals surface area contributed by atoms with E-state index in [0.717, 1.165) is 5.56 Å². The van der Waals surface area contributed by atoms with Crippen LogP contribution in [0.5, 0.6) is 0 Å². The number of aromatic amines is 1. The highest BCUT2D eigenvalue weighted by Gasteiger charge is 2.09. The zero-order chi connectivity index (χ0) is 11.5. The van der Waals surface area contributed by atoms with Gasteiger partial charge in [-0.2, -0.15) is 10.2 Å². The number of anilines is 1. The molecule has 16 heavy (non-hydrogen) atoms. The minimum Gasteiger partial charge on any atom is -0.384 e. The first-order valence-electron chi connectivity index (χ1n) is 4.72. The number of hydrogen-bond donors (Lipinski definition) is 3. The predicted molar refractivity (Wildman–Crippen MR) is 57.4 cm³/mol. The van der Waals surface area contributed by atoms with Crippen molar-refractivity contribution in [2.75, 3.05) is 5.73 Å². The molecule has 0 radical (unpaired) electrons. The third kappa shape index (κ3) is 1.88. The standard InChI is InChI=1S/C9H12N6O/c1-15-8(10)6(5-13-15)4-11-9(16)7-2-3-12-14-7/h2-3,5H,4,10H2,1H3,(H,11,16)(H,12,14). The number of aromatic nitrogens is 4. The summed E-state index contributed by atoms with van der Waals surface area (Å²) in [4.78, 5) is 11.5. The summed E-state index contributed by atoms with van der Waals surface area (Å²) in [7, 11) is 1.75. The Morgan fingerprint density at radius 2 is 2.50 bits per heavy atom. The van der Waals surface area contributed by atoms with Gasteiger partial charge in [0.15, 0.2) is 0 Å². The van der Waals surface area contributed by atoms with E-state index >= 15 is 0 Å². The van der Waals surface area contributed by atoms with Crippen LogP contribution < -0.4 is 11.1 Å². The molecule has 0 spiro atoms. The molecular weight excluding hydrogens is 208 g/mol. The molecule has 2 aromatic rings. The number of hydrogen-bond acceptors (Lipinski definition) is 4. The number of rotatable bonds is 3. The second-order valence-electron chi connectivity index (χ2n) is 3.33. The van der Waals surface area contributed by atoms with Crippen LogP contribution in [0.3, 0.4) is 0 Å². The molecule has 2 aromatic heterocycles. The maximum Gasteiger partial charge on any atom is 0.269 e. The van der Waals surface area contributed by atoms with Gasteiger partial charge in [0, 0.05) is 25.4 Å². The van der Waals surface area contributed by atoms with Crippen LogP contribution in [-0.2, 0) is 13.6 Å². The molecule has 7 heteroatoms. The predicted octanol–water partition coefficient (Wildman–Crippen LogP) is -0.345. The molecule has 0 aliphatic rings. The van der Waals surface area contributed by atoms with Crippen LogP contribution in [-0.4, -0.2) is 25.9 Å². The van der Waals surface area contributed by atoms with E-state index in [0.29, 0.717) is 18.1 Å². The highest BCUT2D eigenvalue weighted by atomic mass is 16.1. The second kappa shape index (κ2) is 4.05. The van der Waals surface area contributed by atoms with Crippen molar-refractivity contribution in [2.45, 2.75) is 6.54 Å². The van der Waals surface area contributed by atoms with Crippen LogP contribution in [0.2, 0.25) is 0 Å². The summed E-state index contributed by atoms with van der Waals surface area (Å²) in [6.07, 6.45) is 3.15. The number of nitrogens with zero attached hydrogens (tertiary/aromatic N) is 3. The van der Waals surface area contributed by atoms with Crippen LogP contribution >= 0.6 is 0 Å². The zero-order valence-corrected chi connectivity index (χ0v) is 8.77. The average Bonchev–Trinajstić information content (AvgIpc) is 2.89. The van der Waals surface area contributed by atoms with E-state index in [4.69, 9.17) is 5.73 Å². The number of carbonyl (C=O) groups is 1. The van der Waals surface area contributed by atoms with Crippen molar-refractivity contribution in [3.05, 3.63) is 29.7 Å². The molecule has 0 aliphatic carbocycles. The van der Waals surface area contributed by atoms with Crippen molar-refractivity contribution in [1.82, 2.24) is 25.3 Å². The number of aryl methyl sites for hydroxylation is 1. The summed E-state index contributed by atoms with van der Waals surface area (Å²) in [6, 6.07) is 1.60. The molecule has 0 fully saturated rings. The second-order valence-corrected chi connectivity index (χ2v) is 3.33. The van der Waals surface area contributed by atoms with Crippen molar-refractivity contribution >= 4 is 11.7 Å². The summed E-state index contributed by atoms with van der Waals surface area (Å²) >= 11 is 0. The maximum absolute atomic E-state index is 11.5. The van der Waals surface area contributed by atoms with Gasteiger partial charge in [-0.3, -0.25) is 14.6 Å². The molecular formula is C9H12N6O. The number of amides is 1. The molecule has 4 N–H and O–H groups in total. The normalized spacial score (nSPS) is 10.3. The van der Waals surface area contributed by atoms with Gasteiger partial charge in [-0.1, -0.05) is 0 Å².